The maximum atomic E-state index is 13.4. The highest BCUT2D eigenvalue weighted by Gasteiger charge is 2.30. The third-order valence-electron chi connectivity index (χ3n) is 4.85. The Labute approximate surface area is 146 Å². The summed E-state index contributed by atoms with van der Waals surface area (Å²) < 4.78 is 15.2. The summed E-state index contributed by atoms with van der Waals surface area (Å²) in [7, 11) is 1.78. The highest BCUT2D eigenvalue weighted by molar-refractivity contribution is 6.08. The number of rotatable bonds is 2. The molecule has 5 nitrogen and oxygen atoms in total. The molecule has 3 rings (SSSR count). The van der Waals surface area contributed by atoms with E-state index >= 15 is 0 Å². The van der Waals surface area contributed by atoms with E-state index in [1.165, 1.54) is 12.1 Å². The number of nitrogens with zero attached hydrogens (tertiary/aromatic N) is 1. The molecule has 1 aromatic carbocycles. The van der Waals surface area contributed by atoms with Crippen molar-refractivity contribution < 1.29 is 14.0 Å². The number of amides is 2. The average Bonchev–Trinajstić information content (AvgIpc) is 2.70. The molecule has 25 heavy (non-hydrogen) atoms. The molecule has 1 atom stereocenters. The predicted octanol–water partition coefficient (Wildman–Crippen LogP) is 3.10. The van der Waals surface area contributed by atoms with Crippen molar-refractivity contribution in [2.24, 2.45) is 7.05 Å². The van der Waals surface area contributed by atoms with Crippen molar-refractivity contribution in [1.29, 1.82) is 0 Å². The minimum absolute atomic E-state index is 0.0697. The summed E-state index contributed by atoms with van der Waals surface area (Å²) in [5.74, 6) is -0.739. The van der Waals surface area contributed by atoms with Gasteiger partial charge >= 0.3 is 0 Å². The standard InChI is InChI=1S/C19H22FN3O2/c1-10-9-13(6-8-15(10)20)22-19(25)17-14-7-5-11(2)21-18(24)16(14)12(3)23(17)4/h6,8-9,11H,5,7H2,1-4H3,(H,21,24)(H,22,25)/t11-/m1/s1. The van der Waals surface area contributed by atoms with Crippen LogP contribution in [0.4, 0.5) is 10.1 Å². The van der Waals surface area contributed by atoms with Crippen LogP contribution in [-0.2, 0) is 13.5 Å². The third kappa shape index (κ3) is 3.04. The Morgan fingerprint density at radius 2 is 2.08 bits per heavy atom. The number of benzene rings is 1. The van der Waals surface area contributed by atoms with Crippen molar-refractivity contribution in [2.75, 3.05) is 5.32 Å². The Bertz CT molecular complexity index is 870. The van der Waals surface area contributed by atoms with Crippen molar-refractivity contribution in [3.8, 4) is 0 Å². The molecule has 0 saturated carbocycles. The number of aryl methyl sites for hydroxylation is 1. The molecule has 6 heteroatoms. The number of fused-ring (bicyclic) bond motifs is 1. The maximum absolute atomic E-state index is 13.4. The van der Waals surface area contributed by atoms with Gasteiger partial charge in [0.25, 0.3) is 11.8 Å². The van der Waals surface area contributed by atoms with E-state index in [1.807, 2.05) is 13.8 Å². The fourth-order valence-electron chi connectivity index (χ4n) is 3.35. The van der Waals surface area contributed by atoms with Crippen LogP contribution in [0.5, 0.6) is 0 Å². The van der Waals surface area contributed by atoms with Gasteiger partial charge in [0, 0.05) is 24.5 Å². The molecule has 0 bridgehead atoms. The summed E-state index contributed by atoms with van der Waals surface area (Å²) >= 11 is 0. The Kier molecular flexibility index (Phi) is 4.37. The summed E-state index contributed by atoms with van der Waals surface area (Å²) in [6, 6.07) is 4.52. The van der Waals surface area contributed by atoms with Crippen LogP contribution >= 0.6 is 0 Å². The number of halogens is 1. The molecular formula is C19H22FN3O2. The molecule has 0 fully saturated rings. The number of carbonyl (C=O) groups is 2. The van der Waals surface area contributed by atoms with Gasteiger partial charge in [-0.3, -0.25) is 9.59 Å². The molecule has 2 N–H and O–H groups in total. The van der Waals surface area contributed by atoms with Gasteiger partial charge in [-0.25, -0.2) is 4.39 Å². The van der Waals surface area contributed by atoms with Gasteiger partial charge in [-0.2, -0.15) is 0 Å². The molecular weight excluding hydrogens is 321 g/mol. The van der Waals surface area contributed by atoms with Crippen molar-refractivity contribution in [3.05, 3.63) is 52.1 Å². The summed E-state index contributed by atoms with van der Waals surface area (Å²) in [6.45, 7) is 5.45. The van der Waals surface area contributed by atoms with Crippen LogP contribution in [0.3, 0.4) is 0 Å². The molecule has 0 unspecified atom stereocenters. The molecule has 1 aliphatic heterocycles. The second kappa shape index (κ2) is 6.35. The molecule has 0 aliphatic carbocycles. The quantitative estimate of drug-likeness (QED) is 0.880. The van der Waals surface area contributed by atoms with Crippen LogP contribution in [0.1, 0.15) is 51.0 Å². The summed E-state index contributed by atoms with van der Waals surface area (Å²) in [5, 5.41) is 5.77. The first-order valence-corrected chi connectivity index (χ1v) is 8.36. The van der Waals surface area contributed by atoms with E-state index in [0.717, 1.165) is 17.7 Å². The van der Waals surface area contributed by atoms with Gasteiger partial charge in [-0.1, -0.05) is 0 Å². The number of carbonyl (C=O) groups excluding carboxylic acids is 2. The summed E-state index contributed by atoms with van der Waals surface area (Å²) in [6.07, 6.45) is 1.43. The lowest BCUT2D eigenvalue weighted by Gasteiger charge is -2.12. The summed E-state index contributed by atoms with van der Waals surface area (Å²) in [5.41, 5.74) is 3.61. The molecule has 1 aliphatic rings. The van der Waals surface area contributed by atoms with Crippen molar-refractivity contribution in [2.45, 2.75) is 39.7 Å². The van der Waals surface area contributed by atoms with Crippen molar-refractivity contribution in [3.63, 3.8) is 0 Å². The number of anilines is 1. The maximum Gasteiger partial charge on any atom is 0.272 e. The molecule has 0 radical (unpaired) electrons. The molecule has 1 aromatic heterocycles. The molecule has 0 saturated heterocycles. The molecule has 2 heterocycles. The van der Waals surface area contributed by atoms with Crippen LogP contribution in [-0.4, -0.2) is 22.4 Å². The highest BCUT2D eigenvalue weighted by atomic mass is 19.1. The van der Waals surface area contributed by atoms with Crippen LogP contribution in [0.2, 0.25) is 0 Å². The van der Waals surface area contributed by atoms with E-state index in [0.29, 0.717) is 28.9 Å². The van der Waals surface area contributed by atoms with Gasteiger partial charge in [0.15, 0.2) is 0 Å². The first-order chi connectivity index (χ1) is 11.8. The largest absolute Gasteiger partial charge is 0.350 e. The van der Waals surface area contributed by atoms with Gasteiger partial charge in [0.1, 0.15) is 11.5 Å². The Balaban J connectivity index is 1.99. The van der Waals surface area contributed by atoms with Gasteiger partial charge < -0.3 is 15.2 Å². The van der Waals surface area contributed by atoms with E-state index in [2.05, 4.69) is 10.6 Å². The molecule has 0 spiro atoms. The topological polar surface area (TPSA) is 63.1 Å². The second-order valence-electron chi connectivity index (χ2n) is 6.68. The SMILES string of the molecule is Cc1cc(NC(=O)c2c3c(c(C)n2C)C(=O)N[C@H](C)CC3)ccc1F. The molecule has 2 amide bonds. The predicted molar refractivity (Wildman–Crippen MR) is 94.5 cm³/mol. The Morgan fingerprint density at radius 1 is 1.36 bits per heavy atom. The fraction of sp³-hybridized carbons (Fsp3) is 0.368. The van der Waals surface area contributed by atoms with E-state index < -0.39 is 0 Å². The monoisotopic (exact) mass is 343 g/mol. The van der Waals surface area contributed by atoms with Gasteiger partial charge in [-0.15, -0.1) is 0 Å². The zero-order chi connectivity index (χ0) is 18.3. The number of aromatic nitrogens is 1. The normalized spacial score (nSPS) is 16.8. The molecule has 2 aromatic rings. The fourth-order valence-corrected chi connectivity index (χ4v) is 3.35. The van der Waals surface area contributed by atoms with E-state index in [-0.39, 0.29) is 23.7 Å². The van der Waals surface area contributed by atoms with Crippen LogP contribution in [0, 0.1) is 19.7 Å². The first-order valence-electron chi connectivity index (χ1n) is 8.36. The number of hydrogen-bond acceptors (Lipinski definition) is 2. The van der Waals surface area contributed by atoms with Gasteiger partial charge in [0.05, 0.1) is 5.56 Å². The number of hydrogen-bond donors (Lipinski definition) is 2. The Morgan fingerprint density at radius 3 is 2.76 bits per heavy atom. The lowest BCUT2D eigenvalue weighted by molar-refractivity contribution is 0.0941. The van der Waals surface area contributed by atoms with Gasteiger partial charge in [0.2, 0.25) is 0 Å². The van der Waals surface area contributed by atoms with Crippen molar-refractivity contribution in [1.82, 2.24) is 9.88 Å². The summed E-state index contributed by atoms with van der Waals surface area (Å²) in [4.78, 5) is 25.3. The average molecular weight is 343 g/mol. The van der Waals surface area contributed by atoms with Crippen LogP contribution < -0.4 is 10.6 Å². The van der Waals surface area contributed by atoms with E-state index in [9.17, 15) is 14.0 Å². The van der Waals surface area contributed by atoms with E-state index in [4.69, 9.17) is 0 Å². The van der Waals surface area contributed by atoms with Crippen LogP contribution in [0.15, 0.2) is 18.2 Å². The number of nitrogens with one attached hydrogen (secondary N) is 2. The smallest absolute Gasteiger partial charge is 0.272 e. The third-order valence-corrected chi connectivity index (χ3v) is 4.85. The minimum Gasteiger partial charge on any atom is -0.350 e. The highest BCUT2D eigenvalue weighted by Crippen LogP contribution is 2.27. The second-order valence-corrected chi connectivity index (χ2v) is 6.68. The lowest BCUT2D eigenvalue weighted by atomic mass is 10.0. The molecule has 132 valence electrons. The lowest BCUT2D eigenvalue weighted by Crippen LogP contribution is -2.31. The zero-order valence-corrected chi connectivity index (χ0v) is 14.9. The van der Waals surface area contributed by atoms with Crippen LogP contribution in [0.25, 0.3) is 0 Å². The first kappa shape index (κ1) is 17.2. The van der Waals surface area contributed by atoms with Gasteiger partial charge in [-0.05, 0) is 62.9 Å². The van der Waals surface area contributed by atoms with Crippen molar-refractivity contribution >= 4 is 17.5 Å². The van der Waals surface area contributed by atoms with E-state index in [1.54, 1.807) is 24.6 Å². The Hall–Kier alpha value is -2.63. The minimum atomic E-state index is -0.313. The zero-order valence-electron chi connectivity index (χ0n) is 14.9.